The van der Waals surface area contributed by atoms with Crippen molar-refractivity contribution in [2.75, 3.05) is 0 Å². The van der Waals surface area contributed by atoms with Crippen LogP contribution in [0.25, 0.3) is 0 Å². The standard InChI is InChI=1S/C16H12F2N2O2/c17-11-4-5-13(14(18)8-11)15(9-19)20-16(22)7-10-2-1-3-12(21)6-10/h1-6,8,15,21H,7H2,(H,20,22)/t15-/m0/s1. The molecule has 0 radical (unpaired) electrons. The van der Waals surface area contributed by atoms with Gasteiger partial charge >= 0.3 is 0 Å². The first kappa shape index (κ1) is 15.4. The van der Waals surface area contributed by atoms with E-state index in [1.54, 1.807) is 18.2 Å². The van der Waals surface area contributed by atoms with Crippen LogP contribution in [0.2, 0.25) is 0 Å². The van der Waals surface area contributed by atoms with E-state index in [4.69, 9.17) is 5.26 Å². The molecule has 0 unspecified atom stereocenters. The van der Waals surface area contributed by atoms with E-state index in [1.165, 1.54) is 12.1 Å². The zero-order valence-electron chi connectivity index (χ0n) is 11.4. The number of nitriles is 1. The summed E-state index contributed by atoms with van der Waals surface area (Å²) in [5.41, 5.74) is 0.446. The third-order valence-corrected chi connectivity index (χ3v) is 2.98. The van der Waals surface area contributed by atoms with E-state index in [0.717, 1.165) is 12.1 Å². The molecule has 0 bridgehead atoms. The third-order valence-electron chi connectivity index (χ3n) is 2.98. The number of carbonyl (C=O) groups is 1. The van der Waals surface area contributed by atoms with E-state index in [-0.39, 0.29) is 17.7 Å². The number of phenols is 1. The van der Waals surface area contributed by atoms with Crippen molar-refractivity contribution in [2.24, 2.45) is 0 Å². The topological polar surface area (TPSA) is 73.1 Å². The van der Waals surface area contributed by atoms with Gasteiger partial charge in [0.2, 0.25) is 5.91 Å². The average Bonchev–Trinajstić information content (AvgIpc) is 2.45. The van der Waals surface area contributed by atoms with Crippen LogP contribution in [0.1, 0.15) is 17.2 Å². The molecule has 6 heteroatoms. The van der Waals surface area contributed by atoms with Crippen molar-refractivity contribution in [1.82, 2.24) is 5.32 Å². The lowest BCUT2D eigenvalue weighted by Gasteiger charge is -2.13. The molecule has 0 aliphatic carbocycles. The molecule has 22 heavy (non-hydrogen) atoms. The predicted molar refractivity (Wildman–Crippen MR) is 74.7 cm³/mol. The van der Waals surface area contributed by atoms with Gasteiger partial charge in [-0.3, -0.25) is 4.79 Å². The number of aromatic hydroxyl groups is 1. The first-order chi connectivity index (χ1) is 10.5. The van der Waals surface area contributed by atoms with Crippen molar-refractivity contribution in [2.45, 2.75) is 12.5 Å². The van der Waals surface area contributed by atoms with Crippen LogP contribution < -0.4 is 5.32 Å². The summed E-state index contributed by atoms with van der Waals surface area (Å²) >= 11 is 0. The zero-order valence-corrected chi connectivity index (χ0v) is 11.4. The van der Waals surface area contributed by atoms with Gasteiger partial charge in [0.25, 0.3) is 0 Å². The molecule has 0 aliphatic rings. The molecule has 4 nitrogen and oxygen atoms in total. The molecule has 1 amide bonds. The van der Waals surface area contributed by atoms with Gasteiger partial charge in [0, 0.05) is 11.6 Å². The summed E-state index contributed by atoms with van der Waals surface area (Å²) in [5.74, 6) is -2.15. The molecule has 0 fully saturated rings. The summed E-state index contributed by atoms with van der Waals surface area (Å²) in [6, 6.07) is 9.44. The van der Waals surface area contributed by atoms with E-state index in [0.29, 0.717) is 11.6 Å². The SMILES string of the molecule is N#C[C@H](NC(=O)Cc1cccc(O)c1)c1ccc(F)cc1F. The van der Waals surface area contributed by atoms with Crippen molar-refractivity contribution < 1.29 is 18.7 Å². The summed E-state index contributed by atoms with van der Waals surface area (Å²) < 4.78 is 26.5. The summed E-state index contributed by atoms with van der Waals surface area (Å²) in [6.07, 6.45) is -0.0740. The third kappa shape index (κ3) is 3.79. The summed E-state index contributed by atoms with van der Waals surface area (Å²) in [4.78, 5) is 11.9. The van der Waals surface area contributed by atoms with Crippen molar-refractivity contribution >= 4 is 5.91 Å². The van der Waals surface area contributed by atoms with Crippen molar-refractivity contribution in [1.29, 1.82) is 5.26 Å². The molecular formula is C16H12F2N2O2. The normalized spacial score (nSPS) is 11.5. The molecule has 2 aromatic rings. The number of rotatable bonds is 4. The number of carbonyl (C=O) groups excluding carboxylic acids is 1. The van der Waals surface area contributed by atoms with Gasteiger partial charge in [0.05, 0.1) is 12.5 Å². The largest absolute Gasteiger partial charge is 0.508 e. The van der Waals surface area contributed by atoms with Crippen LogP contribution in [-0.4, -0.2) is 11.0 Å². The highest BCUT2D eigenvalue weighted by Gasteiger charge is 2.18. The minimum Gasteiger partial charge on any atom is -0.508 e. The molecule has 112 valence electrons. The maximum atomic E-state index is 13.6. The van der Waals surface area contributed by atoms with Gasteiger partial charge in [0.15, 0.2) is 0 Å². The fraction of sp³-hybridized carbons (Fsp3) is 0.125. The molecule has 2 rings (SSSR count). The lowest BCUT2D eigenvalue weighted by atomic mass is 10.1. The summed E-state index contributed by atoms with van der Waals surface area (Å²) in [5, 5.41) is 20.8. The second-order valence-electron chi connectivity index (χ2n) is 4.64. The van der Waals surface area contributed by atoms with Gasteiger partial charge in [-0.25, -0.2) is 8.78 Å². The van der Waals surface area contributed by atoms with E-state index >= 15 is 0 Å². The molecule has 2 aromatic carbocycles. The molecule has 2 N–H and O–H groups in total. The van der Waals surface area contributed by atoms with E-state index < -0.39 is 23.6 Å². The van der Waals surface area contributed by atoms with Gasteiger partial charge in [0.1, 0.15) is 23.4 Å². The van der Waals surface area contributed by atoms with Crippen LogP contribution in [0.4, 0.5) is 8.78 Å². The minimum absolute atomic E-state index is 0.0201. The van der Waals surface area contributed by atoms with Crippen LogP contribution in [-0.2, 0) is 11.2 Å². The molecular weight excluding hydrogens is 290 g/mol. The van der Waals surface area contributed by atoms with E-state index in [2.05, 4.69) is 5.32 Å². The number of hydrogen-bond donors (Lipinski definition) is 2. The molecule has 0 heterocycles. The Morgan fingerprint density at radius 1 is 1.27 bits per heavy atom. The Bertz CT molecular complexity index is 741. The number of nitrogens with zero attached hydrogens (tertiary/aromatic N) is 1. The maximum absolute atomic E-state index is 13.6. The number of halogens is 2. The Hall–Kier alpha value is -2.94. The lowest BCUT2D eigenvalue weighted by molar-refractivity contribution is -0.120. The molecule has 0 saturated carbocycles. The summed E-state index contributed by atoms with van der Waals surface area (Å²) in [7, 11) is 0. The van der Waals surface area contributed by atoms with Crippen LogP contribution in [0, 0.1) is 23.0 Å². The number of amides is 1. The van der Waals surface area contributed by atoms with Gasteiger partial charge in [-0.2, -0.15) is 5.26 Å². The molecule has 0 aliphatic heterocycles. The zero-order chi connectivity index (χ0) is 16.1. The fourth-order valence-corrected chi connectivity index (χ4v) is 1.98. The Kier molecular flexibility index (Phi) is 4.69. The van der Waals surface area contributed by atoms with Crippen LogP contribution in [0.3, 0.4) is 0 Å². The number of hydrogen-bond acceptors (Lipinski definition) is 3. The quantitative estimate of drug-likeness (QED) is 0.911. The van der Waals surface area contributed by atoms with Gasteiger partial charge in [-0.1, -0.05) is 18.2 Å². The first-order valence-corrected chi connectivity index (χ1v) is 6.41. The second-order valence-corrected chi connectivity index (χ2v) is 4.64. The second kappa shape index (κ2) is 6.68. The van der Waals surface area contributed by atoms with Crippen molar-refractivity contribution in [3.63, 3.8) is 0 Å². The maximum Gasteiger partial charge on any atom is 0.225 e. The number of phenolic OH excluding ortho intramolecular Hbond substituents is 1. The average molecular weight is 302 g/mol. The van der Waals surface area contributed by atoms with Crippen molar-refractivity contribution in [3.8, 4) is 11.8 Å². The highest BCUT2D eigenvalue weighted by atomic mass is 19.1. The van der Waals surface area contributed by atoms with E-state index in [1.807, 2.05) is 0 Å². The predicted octanol–water partition coefficient (Wildman–Crippen LogP) is 2.59. The monoisotopic (exact) mass is 302 g/mol. The number of nitrogens with one attached hydrogen (secondary N) is 1. The molecule has 1 atom stereocenters. The Morgan fingerprint density at radius 2 is 2.05 bits per heavy atom. The van der Waals surface area contributed by atoms with E-state index in [9.17, 15) is 18.7 Å². The van der Waals surface area contributed by atoms with Crippen molar-refractivity contribution in [3.05, 3.63) is 65.2 Å². The highest BCUT2D eigenvalue weighted by molar-refractivity contribution is 5.79. The first-order valence-electron chi connectivity index (χ1n) is 6.41. The lowest BCUT2D eigenvalue weighted by Crippen LogP contribution is -2.29. The smallest absolute Gasteiger partial charge is 0.225 e. The number of benzene rings is 2. The van der Waals surface area contributed by atoms with Gasteiger partial charge in [-0.15, -0.1) is 0 Å². The van der Waals surface area contributed by atoms with Gasteiger partial charge < -0.3 is 10.4 Å². The Morgan fingerprint density at radius 3 is 2.68 bits per heavy atom. The fourth-order valence-electron chi connectivity index (χ4n) is 1.98. The Balaban J connectivity index is 2.10. The summed E-state index contributed by atoms with van der Waals surface area (Å²) in [6.45, 7) is 0. The highest BCUT2D eigenvalue weighted by Crippen LogP contribution is 2.18. The van der Waals surface area contributed by atoms with Crippen LogP contribution in [0.5, 0.6) is 5.75 Å². The molecule has 0 spiro atoms. The molecule has 0 aromatic heterocycles. The molecule has 0 saturated heterocycles. The van der Waals surface area contributed by atoms with Crippen LogP contribution in [0.15, 0.2) is 42.5 Å². The van der Waals surface area contributed by atoms with Crippen LogP contribution >= 0.6 is 0 Å². The minimum atomic E-state index is -1.22. The van der Waals surface area contributed by atoms with Gasteiger partial charge in [-0.05, 0) is 23.8 Å². The Labute approximate surface area is 125 Å².